The predicted molar refractivity (Wildman–Crippen MR) is 182 cm³/mol. The minimum Gasteiger partial charge on any atom is -0.385 e. The van der Waals surface area contributed by atoms with Gasteiger partial charge in [0, 0.05) is 24.5 Å². The first-order valence-electron chi connectivity index (χ1n) is 17.3. The Kier molecular flexibility index (Phi) is 16.7. The minimum atomic E-state index is 1.07. The van der Waals surface area contributed by atoms with E-state index in [1.54, 1.807) is 0 Å². The molecule has 0 unspecified atom stereocenters. The maximum Gasteiger partial charge on any atom is 0.0346 e. The van der Waals surface area contributed by atoms with Crippen LogP contribution < -0.4 is 10.6 Å². The second-order valence-electron chi connectivity index (χ2n) is 12.2. The fourth-order valence-corrected chi connectivity index (χ4v) is 5.91. The van der Waals surface area contributed by atoms with Gasteiger partial charge in [-0.05, 0) is 70.8 Å². The summed E-state index contributed by atoms with van der Waals surface area (Å²) < 4.78 is 0. The molecule has 0 radical (unpaired) electrons. The largest absolute Gasteiger partial charge is 0.385 e. The lowest BCUT2D eigenvalue weighted by molar-refractivity contribution is 0.560. The van der Waals surface area contributed by atoms with Crippen molar-refractivity contribution in [1.29, 1.82) is 0 Å². The number of anilines is 2. The number of benzene rings is 3. The third-order valence-electron chi connectivity index (χ3n) is 8.51. The van der Waals surface area contributed by atoms with Gasteiger partial charge in [0.15, 0.2) is 0 Å². The summed E-state index contributed by atoms with van der Waals surface area (Å²) in [6.45, 7) is 6.73. The highest BCUT2D eigenvalue weighted by Gasteiger charge is 2.02. The lowest BCUT2D eigenvalue weighted by Crippen LogP contribution is -2.01. The van der Waals surface area contributed by atoms with Crippen molar-refractivity contribution in [3.8, 4) is 0 Å². The quantitative estimate of drug-likeness (QED) is 0.0865. The molecule has 0 aliphatic carbocycles. The lowest BCUT2D eigenvalue weighted by Gasteiger charge is -2.11. The van der Waals surface area contributed by atoms with Crippen LogP contribution in [-0.2, 0) is 0 Å². The second kappa shape index (κ2) is 20.6. The van der Waals surface area contributed by atoms with Gasteiger partial charge >= 0.3 is 0 Å². The van der Waals surface area contributed by atoms with E-state index in [2.05, 4.69) is 73.0 Å². The van der Waals surface area contributed by atoms with Crippen molar-refractivity contribution >= 4 is 32.9 Å². The Bertz CT molecular complexity index is 970. The van der Waals surface area contributed by atoms with Gasteiger partial charge in [-0.3, -0.25) is 0 Å². The molecule has 0 fully saturated rings. The first kappa shape index (κ1) is 32.3. The summed E-state index contributed by atoms with van der Waals surface area (Å²) in [5.41, 5.74) is 2.50. The van der Waals surface area contributed by atoms with E-state index in [0.717, 1.165) is 13.1 Å². The number of rotatable bonds is 24. The molecule has 0 bridgehead atoms. The monoisotopic (exact) mass is 544 g/mol. The maximum absolute atomic E-state index is 3.66. The minimum absolute atomic E-state index is 1.07. The maximum atomic E-state index is 3.66. The Hall–Kier alpha value is -2.22. The zero-order valence-electron chi connectivity index (χ0n) is 26.2. The normalized spacial score (nSPS) is 11.4. The molecule has 0 spiro atoms. The summed E-state index contributed by atoms with van der Waals surface area (Å²) in [7, 11) is 0. The molecule has 3 rings (SSSR count). The van der Waals surface area contributed by atoms with Crippen molar-refractivity contribution in [1.82, 2.24) is 0 Å². The van der Waals surface area contributed by atoms with Crippen LogP contribution in [0.5, 0.6) is 0 Å². The smallest absolute Gasteiger partial charge is 0.0346 e. The van der Waals surface area contributed by atoms with Crippen molar-refractivity contribution in [2.45, 2.75) is 142 Å². The number of hydrogen-bond donors (Lipinski definition) is 2. The highest BCUT2D eigenvalue weighted by molar-refractivity contribution is 6.00. The Balaban J connectivity index is 1.32. The number of unbranched alkanes of at least 4 members (excludes halogenated alkanes) is 18. The first-order chi connectivity index (χ1) is 19.8. The average Bonchev–Trinajstić information content (AvgIpc) is 2.97. The summed E-state index contributed by atoms with van der Waals surface area (Å²) in [5.74, 6) is 0. The van der Waals surface area contributed by atoms with Crippen molar-refractivity contribution in [2.24, 2.45) is 0 Å². The number of nitrogens with one attached hydrogen (secondary N) is 2. The Morgan fingerprint density at radius 3 is 1.02 bits per heavy atom. The second-order valence-corrected chi connectivity index (χ2v) is 12.2. The molecule has 0 saturated carbocycles. The molecule has 2 nitrogen and oxygen atoms in total. The van der Waals surface area contributed by atoms with E-state index in [4.69, 9.17) is 0 Å². The van der Waals surface area contributed by atoms with Crippen LogP contribution in [0.1, 0.15) is 142 Å². The fourth-order valence-electron chi connectivity index (χ4n) is 5.91. The van der Waals surface area contributed by atoms with Gasteiger partial charge in [0.25, 0.3) is 0 Å². The Labute approximate surface area is 247 Å². The molecule has 2 N–H and O–H groups in total. The molecule has 3 aromatic carbocycles. The van der Waals surface area contributed by atoms with Crippen molar-refractivity contribution in [3.05, 3.63) is 48.5 Å². The Morgan fingerprint density at radius 2 is 0.675 bits per heavy atom. The van der Waals surface area contributed by atoms with Gasteiger partial charge in [-0.15, -0.1) is 0 Å². The van der Waals surface area contributed by atoms with Crippen LogP contribution in [0.4, 0.5) is 11.4 Å². The summed E-state index contributed by atoms with van der Waals surface area (Å²) in [6, 6.07) is 18.4. The SMILES string of the molecule is CCCCCCCCCCCCNc1ccc2cc3cc(NCCCCCCCCCCCC)ccc3cc2c1. The zero-order chi connectivity index (χ0) is 28.1. The molecule has 2 heteroatoms. The number of hydrogen-bond acceptors (Lipinski definition) is 2. The van der Waals surface area contributed by atoms with Crippen LogP contribution in [0.2, 0.25) is 0 Å². The van der Waals surface area contributed by atoms with E-state index in [-0.39, 0.29) is 0 Å². The van der Waals surface area contributed by atoms with E-state index in [1.165, 1.54) is 161 Å². The topological polar surface area (TPSA) is 24.1 Å². The molecule has 3 aromatic rings. The first-order valence-corrected chi connectivity index (χ1v) is 17.3. The summed E-state index contributed by atoms with van der Waals surface area (Å²) in [5, 5.41) is 12.6. The van der Waals surface area contributed by atoms with Gasteiger partial charge < -0.3 is 10.6 Å². The molecule has 40 heavy (non-hydrogen) atoms. The molecule has 0 amide bonds. The molecular formula is C38H60N2. The van der Waals surface area contributed by atoms with Gasteiger partial charge in [-0.25, -0.2) is 0 Å². The third-order valence-corrected chi connectivity index (χ3v) is 8.51. The van der Waals surface area contributed by atoms with Crippen molar-refractivity contribution in [2.75, 3.05) is 23.7 Å². The van der Waals surface area contributed by atoms with Crippen LogP contribution in [0.15, 0.2) is 48.5 Å². The zero-order valence-corrected chi connectivity index (χ0v) is 26.2. The standard InChI is InChI=1S/C38H60N2/c1-3-5-7-9-11-13-15-17-19-21-27-39-37-25-23-33-30-36-32-38(26-24-34(36)29-35(33)31-37)40-28-22-20-18-16-14-12-10-8-6-4-2/h23-26,29-32,39-40H,3-22,27-28H2,1-2H3. The summed E-state index contributed by atoms with van der Waals surface area (Å²) in [6.07, 6.45) is 27.8. The van der Waals surface area contributed by atoms with Gasteiger partial charge in [0.1, 0.15) is 0 Å². The van der Waals surface area contributed by atoms with Crippen LogP contribution in [0.25, 0.3) is 21.5 Å². The van der Waals surface area contributed by atoms with Crippen LogP contribution in [-0.4, -0.2) is 13.1 Å². The average molecular weight is 545 g/mol. The van der Waals surface area contributed by atoms with Gasteiger partial charge in [-0.1, -0.05) is 142 Å². The molecular weight excluding hydrogens is 484 g/mol. The van der Waals surface area contributed by atoms with E-state index in [0.29, 0.717) is 0 Å². The van der Waals surface area contributed by atoms with E-state index in [1.807, 2.05) is 0 Å². The van der Waals surface area contributed by atoms with Crippen LogP contribution >= 0.6 is 0 Å². The number of fused-ring (bicyclic) bond motifs is 2. The Morgan fingerprint density at radius 1 is 0.350 bits per heavy atom. The molecule has 0 aliphatic rings. The lowest BCUT2D eigenvalue weighted by atomic mass is 10.0. The molecule has 0 atom stereocenters. The molecule has 0 saturated heterocycles. The van der Waals surface area contributed by atoms with Crippen molar-refractivity contribution < 1.29 is 0 Å². The fraction of sp³-hybridized carbons (Fsp3) is 0.632. The highest BCUT2D eigenvalue weighted by Crippen LogP contribution is 2.27. The van der Waals surface area contributed by atoms with Crippen LogP contribution in [0.3, 0.4) is 0 Å². The molecule has 222 valence electrons. The highest BCUT2D eigenvalue weighted by atomic mass is 14.9. The molecule has 0 heterocycles. The van der Waals surface area contributed by atoms with Crippen molar-refractivity contribution in [3.63, 3.8) is 0 Å². The van der Waals surface area contributed by atoms with Crippen LogP contribution in [0, 0.1) is 0 Å². The van der Waals surface area contributed by atoms with Gasteiger partial charge in [0.2, 0.25) is 0 Å². The van der Waals surface area contributed by atoms with Gasteiger partial charge in [-0.2, -0.15) is 0 Å². The summed E-state index contributed by atoms with van der Waals surface area (Å²) >= 11 is 0. The van der Waals surface area contributed by atoms with Gasteiger partial charge in [0.05, 0.1) is 0 Å². The third kappa shape index (κ3) is 13.0. The summed E-state index contributed by atoms with van der Waals surface area (Å²) in [4.78, 5) is 0. The van der Waals surface area contributed by atoms with E-state index < -0.39 is 0 Å². The predicted octanol–water partition coefficient (Wildman–Crippen LogP) is 12.7. The van der Waals surface area contributed by atoms with E-state index >= 15 is 0 Å². The molecule has 0 aliphatic heterocycles. The van der Waals surface area contributed by atoms with E-state index in [9.17, 15) is 0 Å². The molecule has 0 aromatic heterocycles.